The van der Waals surface area contributed by atoms with E-state index in [1.54, 1.807) is 16.2 Å². The van der Waals surface area contributed by atoms with Crippen molar-refractivity contribution >= 4 is 23.4 Å². The summed E-state index contributed by atoms with van der Waals surface area (Å²) in [6.45, 7) is 2.61. The molecule has 35 heavy (non-hydrogen) atoms. The van der Waals surface area contributed by atoms with Gasteiger partial charge in [-0.1, -0.05) is 6.07 Å². The number of cyclic esters (lactones) is 1. The lowest BCUT2D eigenvalue weighted by Gasteiger charge is -2.24. The van der Waals surface area contributed by atoms with E-state index in [1.165, 1.54) is 0 Å². The van der Waals surface area contributed by atoms with Crippen molar-refractivity contribution in [3.63, 3.8) is 0 Å². The summed E-state index contributed by atoms with van der Waals surface area (Å²) >= 11 is 0. The average Bonchev–Trinajstić information content (AvgIpc) is 3.05. The molecule has 2 aliphatic rings. The standard InChI is InChI=1S/C23H26F3N5O4/c1-15(24)22(32)28-12-18-14-31(23(33)35-18)17-10-19(25)21(20(26)11-17)29-6-7-30(34-9-8-29)13-16-4-2-3-5-27-16/h2-5,10-11,15,18H,6-9,12-14H2,1H3,(H,28,32)/t15?,18-/m0/s1. The maximum atomic E-state index is 15.1. The summed E-state index contributed by atoms with van der Waals surface area (Å²) in [7, 11) is 0. The molecule has 0 saturated carbocycles. The molecule has 12 heteroatoms. The third-order valence-electron chi connectivity index (χ3n) is 5.69. The number of benzene rings is 1. The number of hydroxylamine groups is 2. The van der Waals surface area contributed by atoms with Crippen LogP contribution in [0.3, 0.4) is 0 Å². The highest BCUT2D eigenvalue weighted by Gasteiger charge is 2.34. The van der Waals surface area contributed by atoms with Crippen molar-refractivity contribution in [1.82, 2.24) is 15.4 Å². The molecular formula is C23H26F3N5O4. The molecule has 3 heterocycles. The smallest absolute Gasteiger partial charge is 0.414 e. The summed E-state index contributed by atoms with van der Waals surface area (Å²) in [5.74, 6) is -2.48. The lowest BCUT2D eigenvalue weighted by molar-refractivity contribution is -0.155. The SMILES string of the molecule is CC(F)C(=O)NC[C@H]1CN(c2cc(F)c(N3CCON(Cc4ccccn4)CC3)c(F)c2)C(=O)O1. The van der Waals surface area contributed by atoms with E-state index in [0.717, 1.165) is 29.7 Å². The highest BCUT2D eigenvalue weighted by molar-refractivity contribution is 5.90. The van der Waals surface area contributed by atoms with E-state index in [1.807, 2.05) is 18.2 Å². The second kappa shape index (κ2) is 10.9. The van der Waals surface area contributed by atoms with Crippen LogP contribution in [0.25, 0.3) is 0 Å². The van der Waals surface area contributed by atoms with Gasteiger partial charge in [0, 0.05) is 38.0 Å². The maximum Gasteiger partial charge on any atom is 0.414 e. The van der Waals surface area contributed by atoms with Gasteiger partial charge in [0.05, 0.1) is 37.6 Å². The molecule has 2 fully saturated rings. The molecule has 1 unspecified atom stereocenters. The third-order valence-corrected chi connectivity index (χ3v) is 5.69. The Kier molecular flexibility index (Phi) is 7.71. The number of nitrogens with zero attached hydrogens (tertiary/aromatic N) is 4. The zero-order chi connectivity index (χ0) is 24.9. The quantitative estimate of drug-likeness (QED) is 0.634. The summed E-state index contributed by atoms with van der Waals surface area (Å²) in [4.78, 5) is 36.2. The average molecular weight is 493 g/mol. The highest BCUT2D eigenvalue weighted by atomic mass is 19.1. The summed E-state index contributed by atoms with van der Waals surface area (Å²) in [5.41, 5.74) is 0.604. The zero-order valence-corrected chi connectivity index (χ0v) is 19.1. The number of rotatable bonds is 7. The number of carbonyl (C=O) groups excluding carboxylic acids is 2. The van der Waals surface area contributed by atoms with E-state index in [2.05, 4.69) is 10.3 Å². The van der Waals surface area contributed by atoms with Crippen molar-refractivity contribution in [1.29, 1.82) is 0 Å². The van der Waals surface area contributed by atoms with Crippen LogP contribution in [0.5, 0.6) is 0 Å². The van der Waals surface area contributed by atoms with Crippen LogP contribution in [-0.4, -0.2) is 73.7 Å². The number of nitrogens with one attached hydrogen (secondary N) is 1. The normalized spacial score (nSPS) is 19.9. The molecule has 2 aromatic rings. The molecule has 0 spiro atoms. The summed E-state index contributed by atoms with van der Waals surface area (Å²) in [6.07, 6.45) is -1.60. The maximum absolute atomic E-state index is 15.1. The number of anilines is 2. The fourth-order valence-corrected chi connectivity index (χ4v) is 3.91. The van der Waals surface area contributed by atoms with Gasteiger partial charge in [-0.05, 0) is 19.1 Å². The molecule has 2 atom stereocenters. The van der Waals surface area contributed by atoms with Gasteiger partial charge in [-0.15, -0.1) is 0 Å². The van der Waals surface area contributed by atoms with E-state index in [9.17, 15) is 14.0 Å². The first kappa shape index (κ1) is 24.7. The fourth-order valence-electron chi connectivity index (χ4n) is 3.91. The number of ether oxygens (including phenoxy) is 1. The molecule has 188 valence electrons. The number of aromatic nitrogens is 1. The summed E-state index contributed by atoms with van der Waals surface area (Å²) < 4.78 is 48.2. The Morgan fingerprint density at radius 2 is 2.00 bits per heavy atom. The topological polar surface area (TPSA) is 87.2 Å². The molecule has 2 aliphatic heterocycles. The van der Waals surface area contributed by atoms with E-state index < -0.39 is 35.9 Å². The Morgan fingerprint density at radius 3 is 2.69 bits per heavy atom. The van der Waals surface area contributed by atoms with Gasteiger partial charge in [0.1, 0.15) is 11.8 Å². The molecular weight excluding hydrogens is 467 g/mol. The van der Waals surface area contributed by atoms with Gasteiger partial charge in [0.25, 0.3) is 5.91 Å². The van der Waals surface area contributed by atoms with Crippen LogP contribution in [-0.2, 0) is 20.9 Å². The molecule has 1 aromatic carbocycles. The van der Waals surface area contributed by atoms with Crippen molar-refractivity contribution in [3.8, 4) is 0 Å². The molecule has 2 amide bonds. The lowest BCUT2D eigenvalue weighted by Crippen LogP contribution is -2.38. The Balaban J connectivity index is 1.40. The summed E-state index contributed by atoms with van der Waals surface area (Å²) in [6, 6.07) is 7.70. The van der Waals surface area contributed by atoms with Crippen molar-refractivity contribution in [2.45, 2.75) is 25.7 Å². The number of halogens is 3. The van der Waals surface area contributed by atoms with Crippen LogP contribution >= 0.6 is 0 Å². The molecule has 4 rings (SSSR count). The highest BCUT2D eigenvalue weighted by Crippen LogP contribution is 2.31. The van der Waals surface area contributed by atoms with Gasteiger partial charge < -0.3 is 15.0 Å². The van der Waals surface area contributed by atoms with Crippen LogP contribution in [0, 0.1) is 11.6 Å². The van der Waals surface area contributed by atoms with E-state index in [4.69, 9.17) is 9.57 Å². The van der Waals surface area contributed by atoms with Crippen molar-refractivity contribution in [2.75, 3.05) is 49.1 Å². The largest absolute Gasteiger partial charge is 0.442 e. The van der Waals surface area contributed by atoms with Crippen LogP contribution in [0.1, 0.15) is 12.6 Å². The lowest BCUT2D eigenvalue weighted by atomic mass is 10.2. The molecule has 2 saturated heterocycles. The van der Waals surface area contributed by atoms with Gasteiger partial charge in [-0.25, -0.2) is 18.0 Å². The number of hydrogen-bond acceptors (Lipinski definition) is 7. The van der Waals surface area contributed by atoms with E-state index >= 15 is 8.78 Å². The first-order valence-electron chi connectivity index (χ1n) is 11.2. The Labute approximate surface area is 200 Å². The minimum atomic E-state index is -1.70. The van der Waals surface area contributed by atoms with Gasteiger partial charge in [0.2, 0.25) is 0 Å². The van der Waals surface area contributed by atoms with Gasteiger partial charge in [-0.3, -0.25) is 19.5 Å². The first-order chi connectivity index (χ1) is 16.8. The number of alkyl halides is 1. The molecule has 1 aromatic heterocycles. The second-order valence-electron chi connectivity index (χ2n) is 8.24. The van der Waals surface area contributed by atoms with Crippen LogP contribution < -0.4 is 15.1 Å². The predicted molar refractivity (Wildman–Crippen MR) is 120 cm³/mol. The van der Waals surface area contributed by atoms with Gasteiger partial charge >= 0.3 is 6.09 Å². The summed E-state index contributed by atoms with van der Waals surface area (Å²) in [5, 5.41) is 4.03. The van der Waals surface area contributed by atoms with Gasteiger partial charge in [-0.2, -0.15) is 5.06 Å². The van der Waals surface area contributed by atoms with E-state index in [-0.39, 0.29) is 37.6 Å². The molecule has 0 bridgehead atoms. The molecule has 1 N–H and O–H groups in total. The molecule has 0 aliphatic carbocycles. The number of carbonyl (C=O) groups is 2. The predicted octanol–water partition coefficient (Wildman–Crippen LogP) is 2.41. The minimum absolute atomic E-state index is 0.00992. The van der Waals surface area contributed by atoms with Crippen molar-refractivity contribution in [3.05, 3.63) is 53.9 Å². The van der Waals surface area contributed by atoms with Gasteiger partial charge in [0.15, 0.2) is 17.8 Å². The third kappa shape index (κ3) is 6.01. The Hall–Kier alpha value is -3.38. The molecule has 0 radical (unpaired) electrons. The Bertz CT molecular complexity index is 1040. The van der Waals surface area contributed by atoms with Crippen molar-refractivity contribution < 1.29 is 32.3 Å². The van der Waals surface area contributed by atoms with Crippen LogP contribution in [0.15, 0.2) is 36.5 Å². The van der Waals surface area contributed by atoms with Crippen molar-refractivity contribution in [2.24, 2.45) is 0 Å². The number of amides is 2. The second-order valence-corrected chi connectivity index (χ2v) is 8.24. The Morgan fingerprint density at radius 1 is 1.23 bits per heavy atom. The zero-order valence-electron chi connectivity index (χ0n) is 19.1. The number of hydrogen-bond donors (Lipinski definition) is 1. The molecule has 9 nitrogen and oxygen atoms in total. The monoisotopic (exact) mass is 493 g/mol. The van der Waals surface area contributed by atoms with Crippen LogP contribution in [0.2, 0.25) is 0 Å². The fraction of sp³-hybridized carbons (Fsp3) is 0.435. The van der Waals surface area contributed by atoms with E-state index in [0.29, 0.717) is 19.6 Å². The first-order valence-corrected chi connectivity index (χ1v) is 11.2. The number of pyridine rings is 1. The van der Waals surface area contributed by atoms with Crippen LogP contribution in [0.4, 0.5) is 29.3 Å². The minimum Gasteiger partial charge on any atom is -0.442 e.